The van der Waals surface area contributed by atoms with Gasteiger partial charge in [-0.15, -0.1) is 0 Å². The zero-order valence-electron chi connectivity index (χ0n) is 15.2. The number of nitrogens with one attached hydrogen (secondary N) is 1. The molecule has 0 heterocycles. The van der Waals surface area contributed by atoms with Crippen LogP contribution in [0.5, 0.6) is 5.75 Å². The summed E-state index contributed by atoms with van der Waals surface area (Å²) < 4.78 is 5.87. The number of ether oxygens (including phenoxy) is 1. The first-order chi connectivity index (χ1) is 11.4. The van der Waals surface area contributed by atoms with E-state index >= 15 is 0 Å². The van der Waals surface area contributed by atoms with Gasteiger partial charge in [0.05, 0.1) is 6.04 Å². The second-order valence-corrected chi connectivity index (χ2v) is 6.31. The summed E-state index contributed by atoms with van der Waals surface area (Å²) in [5, 5.41) is 3.05. The van der Waals surface area contributed by atoms with E-state index in [-0.39, 0.29) is 11.9 Å². The van der Waals surface area contributed by atoms with Crippen LogP contribution < -0.4 is 10.1 Å². The van der Waals surface area contributed by atoms with Gasteiger partial charge in [0.2, 0.25) is 0 Å². The van der Waals surface area contributed by atoms with Crippen LogP contribution in [0.3, 0.4) is 0 Å². The molecule has 0 aliphatic heterocycles. The summed E-state index contributed by atoms with van der Waals surface area (Å²) in [7, 11) is 0. The van der Waals surface area contributed by atoms with Crippen LogP contribution >= 0.6 is 0 Å². The highest BCUT2D eigenvalue weighted by molar-refractivity contribution is 5.81. The molecule has 0 saturated heterocycles. The fourth-order valence-electron chi connectivity index (χ4n) is 2.87. The van der Waals surface area contributed by atoms with E-state index < -0.39 is 6.10 Å². The van der Waals surface area contributed by atoms with E-state index in [0.29, 0.717) is 0 Å². The molecule has 0 spiro atoms. The third-order valence-electron chi connectivity index (χ3n) is 4.28. The first-order valence-corrected chi connectivity index (χ1v) is 8.54. The molecule has 2 atom stereocenters. The number of aryl methyl sites for hydroxylation is 3. The van der Waals surface area contributed by atoms with Crippen LogP contribution in [0.1, 0.15) is 49.1 Å². The Morgan fingerprint density at radius 3 is 2.50 bits per heavy atom. The normalized spacial score (nSPS) is 13.2. The van der Waals surface area contributed by atoms with Crippen LogP contribution in [0.15, 0.2) is 42.5 Å². The molecule has 2 aromatic rings. The van der Waals surface area contributed by atoms with Gasteiger partial charge in [0, 0.05) is 0 Å². The van der Waals surface area contributed by atoms with Gasteiger partial charge >= 0.3 is 0 Å². The first kappa shape index (κ1) is 18.1. The number of hydrogen-bond acceptors (Lipinski definition) is 2. The second-order valence-electron chi connectivity index (χ2n) is 6.31. The molecule has 0 aliphatic rings. The highest BCUT2D eigenvalue weighted by Gasteiger charge is 2.19. The first-order valence-electron chi connectivity index (χ1n) is 8.54. The van der Waals surface area contributed by atoms with Gasteiger partial charge in [-0.25, -0.2) is 0 Å². The van der Waals surface area contributed by atoms with Gasteiger partial charge in [-0.1, -0.05) is 48.9 Å². The molecule has 24 heavy (non-hydrogen) atoms. The molecule has 0 bridgehead atoms. The lowest BCUT2D eigenvalue weighted by Crippen LogP contribution is -2.38. The van der Waals surface area contributed by atoms with Gasteiger partial charge in [-0.3, -0.25) is 4.79 Å². The molecule has 0 aromatic heterocycles. The van der Waals surface area contributed by atoms with Crippen molar-refractivity contribution in [3.63, 3.8) is 0 Å². The molecule has 3 nitrogen and oxygen atoms in total. The summed E-state index contributed by atoms with van der Waals surface area (Å²) in [6.07, 6.45) is 0.342. The molecule has 1 N–H and O–H groups in total. The molecule has 128 valence electrons. The highest BCUT2D eigenvalue weighted by atomic mass is 16.5. The van der Waals surface area contributed by atoms with Gasteiger partial charge < -0.3 is 10.1 Å². The molecule has 2 aromatic carbocycles. The van der Waals surface area contributed by atoms with E-state index in [9.17, 15) is 4.79 Å². The highest BCUT2D eigenvalue weighted by Crippen LogP contribution is 2.21. The van der Waals surface area contributed by atoms with Crippen molar-refractivity contribution in [2.24, 2.45) is 0 Å². The number of amides is 1. The van der Waals surface area contributed by atoms with Crippen molar-refractivity contribution in [3.05, 3.63) is 64.7 Å². The lowest BCUT2D eigenvalue weighted by Gasteiger charge is -2.21. The van der Waals surface area contributed by atoms with Crippen molar-refractivity contribution in [2.45, 2.75) is 53.2 Å². The number of benzene rings is 2. The fourth-order valence-corrected chi connectivity index (χ4v) is 2.87. The Hall–Kier alpha value is -2.29. The van der Waals surface area contributed by atoms with Gasteiger partial charge in [-0.2, -0.15) is 0 Å². The summed E-state index contributed by atoms with van der Waals surface area (Å²) in [5.41, 5.74) is 4.66. The third-order valence-corrected chi connectivity index (χ3v) is 4.28. The molecule has 0 unspecified atom stereocenters. The molecule has 0 fully saturated rings. The summed E-state index contributed by atoms with van der Waals surface area (Å²) in [6, 6.07) is 14.1. The number of carbonyl (C=O) groups is 1. The minimum absolute atomic E-state index is 0.0504. The molecule has 0 radical (unpaired) electrons. The largest absolute Gasteiger partial charge is 0.481 e. The molecule has 0 aliphatic carbocycles. The predicted octanol–water partition coefficient (Wildman–Crippen LogP) is 4.51. The fraction of sp³-hybridized carbons (Fsp3) is 0.381. The van der Waals surface area contributed by atoms with Crippen LogP contribution in [0.4, 0.5) is 0 Å². The number of rotatable bonds is 6. The Morgan fingerprint density at radius 1 is 1.12 bits per heavy atom. The Bertz CT molecular complexity index is 709. The Morgan fingerprint density at radius 2 is 1.83 bits per heavy atom. The summed E-state index contributed by atoms with van der Waals surface area (Å²) in [4.78, 5) is 12.5. The van der Waals surface area contributed by atoms with Gasteiger partial charge in [0.1, 0.15) is 5.75 Å². The van der Waals surface area contributed by atoms with Crippen molar-refractivity contribution in [2.75, 3.05) is 0 Å². The van der Waals surface area contributed by atoms with E-state index in [1.165, 1.54) is 11.1 Å². The number of hydrogen-bond donors (Lipinski definition) is 1. The average Bonchev–Trinajstić information content (AvgIpc) is 2.55. The molecule has 1 amide bonds. The Kier molecular flexibility index (Phi) is 6.02. The van der Waals surface area contributed by atoms with E-state index in [4.69, 9.17) is 4.74 Å². The quantitative estimate of drug-likeness (QED) is 0.848. The Balaban J connectivity index is 2.03. The van der Waals surface area contributed by atoms with Crippen molar-refractivity contribution in [1.82, 2.24) is 5.32 Å². The molecule has 3 heteroatoms. The Labute approximate surface area is 145 Å². The van der Waals surface area contributed by atoms with Crippen LogP contribution in [0, 0.1) is 13.8 Å². The lowest BCUT2D eigenvalue weighted by atomic mass is 10.00. The minimum atomic E-state index is -0.536. The second kappa shape index (κ2) is 8.00. The maximum absolute atomic E-state index is 12.5. The molecular weight excluding hydrogens is 298 g/mol. The minimum Gasteiger partial charge on any atom is -0.481 e. The maximum atomic E-state index is 12.5. The predicted molar refractivity (Wildman–Crippen MR) is 98.4 cm³/mol. The summed E-state index contributed by atoms with van der Waals surface area (Å²) >= 11 is 0. The maximum Gasteiger partial charge on any atom is 0.261 e. The zero-order chi connectivity index (χ0) is 17.7. The SMILES string of the molecule is CCc1ccccc1O[C@H](C)C(=O)N[C@H](C)c1ccc(C)cc1C. The van der Waals surface area contributed by atoms with Gasteiger partial charge in [-0.05, 0) is 56.9 Å². The van der Waals surface area contributed by atoms with Crippen molar-refractivity contribution < 1.29 is 9.53 Å². The van der Waals surface area contributed by atoms with Gasteiger partial charge in [0.25, 0.3) is 5.91 Å². The monoisotopic (exact) mass is 325 g/mol. The standard InChI is InChI=1S/C21H27NO2/c1-6-18-9-7-8-10-20(18)24-17(5)21(23)22-16(4)19-12-11-14(2)13-15(19)3/h7-13,16-17H,6H2,1-5H3,(H,22,23)/t16-,17-/m1/s1. The molecule has 0 saturated carbocycles. The number of para-hydroxylation sites is 1. The van der Waals surface area contributed by atoms with Crippen molar-refractivity contribution >= 4 is 5.91 Å². The van der Waals surface area contributed by atoms with Crippen LogP contribution in [0.2, 0.25) is 0 Å². The van der Waals surface area contributed by atoms with E-state index in [1.807, 2.05) is 31.2 Å². The van der Waals surface area contributed by atoms with Crippen LogP contribution in [0.25, 0.3) is 0 Å². The van der Waals surface area contributed by atoms with E-state index in [0.717, 1.165) is 23.3 Å². The van der Waals surface area contributed by atoms with Crippen molar-refractivity contribution in [3.8, 4) is 5.75 Å². The van der Waals surface area contributed by atoms with Crippen LogP contribution in [-0.2, 0) is 11.2 Å². The van der Waals surface area contributed by atoms with Crippen molar-refractivity contribution in [1.29, 1.82) is 0 Å². The summed E-state index contributed by atoms with van der Waals surface area (Å²) in [5.74, 6) is 0.676. The number of carbonyl (C=O) groups excluding carboxylic acids is 1. The molecular formula is C21H27NO2. The van der Waals surface area contributed by atoms with E-state index in [1.54, 1.807) is 6.92 Å². The van der Waals surface area contributed by atoms with E-state index in [2.05, 4.69) is 44.3 Å². The zero-order valence-corrected chi connectivity index (χ0v) is 15.2. The summed E-state index contributed by atoms with van der Waals surface area (Å²) in [6.45, 7) is 10.0. The smallest absolute Gasteiger partial charge is 0.261 e. The third kappa shape index (κ3) is 4.38. The van der Waals surface area contributed by atoms with Crippen LogP contribution in [-0.4, -0.2) is 12.0 Å². The van der Waals surface area contributed by atoms with Gasteiger partial charge in [0.15, 0.2) is 6.10 Å². The lowest BCUT2D eigenvalue weighted by molar-refractivity contribution is -0.127. The average molecular weight is 325 g/mol. The topological polar surface area (TPSA) is 38.3 Å². The molecule has 2 rings (SSSR count).